The molecule has 0 saturated carbocycles. The zero-order valence-corrected chi connectivity index (χ0v) is 10.6. The van der Waals surface area contributed by atoms with E-state index in [9.17, 15) is 0 Å². The lowest BCUT2D eigenvalue weighted by molar-refractivity contribution is 0.503. The minimum absolute atomic E-state index is 0.140. The molecule has 2 atom stereocenters. The van der Waals surface area contributed by atoms with E-state index in [1.54, 1.807) is 11.3 Å². The molecule has 1 heterocycles. The van der Waals surface area contributed by atoms with E-state index in [0.717, 1.165) is 17.1 Å². The van der Waals surface area contributed by atoms with Crippen LogP contribution in [0.5, 0.6) is 0 Å². The van der Waals surface area contributed by atoms with Crippen LogP contribution in [0.15, 0.2) is 0 Å². The SMILES string of the molecule is C#CC(CC)NC(C)c1nc(C)sc1C. The van der Waals surface area contributed by atoms with E-state index in [4.69, 9.17) is 6.42 Å². The molecule has 2 unspecified atom stereocenters. The van der Waals surface area contributed by atoms with Gasteiger partial charge in [0.1, 0.15) is 0 Å². The highest BCUT2D eigenvalue weighted by Crippen LogP contribution is 2.22. The third-order valence-electron chi connectivity index (χ3n) is 2.41. The van der Waals surface area contributed by atoms with Gasteiger partial charge in [-0.3, -0.25) is 5.32 Å². The van der Waals surface area contributed by atoms with Gasteiger partial charge in [-0.25, -0.2) is 4.98 Å². The zero-order valence-electron chi connectivity index (χ0n) is 9.79. The van der Waals surface area contributed by atoms with Gasteiger partial charge in [-0.2, -0.15) is 0 Å². The first-order chi connectivity index (χ1) is 7.08. The van der Waals surface area contributed by atoms with Crippen molar-refractivity contribution in [2.75, 3.05) is 0 Å². The fourth-order valence-corrected chi connectivity index (χ4v) is 2.53. The number of nitrogens with zero attached hydrogens (tertiary/aromatic N) is 1. The first-order valence-corrected chi connectivity index (χ1v) is 6.06. The predicted octanol–water partition coefficient (Wildman–Crippen LogP) is 2.82. The second-order valence-electron chi connectivity index (χ2n) is 3.69. The third kappa shape index (κ3) is 3.05. The van der Waals surface area contributed by atoms with Gasteiger partial charge in [-0.05, 0) is 27.2 Å². The van der Waals surface area contributed by atoms with Crippen LogP contribution in [-0.4, -0.2) is 11.0 Å². The Morgan fingerprint density at radius 1 is 1.53 bits per heavy atom. The lowest BCUT2D eigenvalue weighted by Crippen LogP contribution is -2.30. The zero-order chi connectivity index (χ0) is 11.4. The molecule has 0 aliphatic carbocycles. The summed E-state index contributed by atoms with van der Waals surface area (Å²) in [6, 6.07) is 0.373. The monoisotopic (exact) mass is 222 g/mol. The molecule has 0 fully saturated rings. The highest BCUT2D eigenvalue weighted by atomic mass is 32.1. The van der Waals surface area contributed by atoms with E-state index in [-0.39, 0.29) is 12.1 Å². The van der Waals surface area contributed by atoms with Gasteiger partial charge in [0.2, 0.25) is 0 Å². The molecule has 82 valence electrons. The average molecular weight is 222 g/mol. The normalized spacial score (nSPS) is 14.6. The van der Waals surface area contributed by atoms with E-state index >= 15 is 0 Å². The molecular weight excluding hydrogens is 204 g/mol. The van der Waals surface area contributed by atoms with Crippen molar-refractivity contribution in [3.63, 3.8) is 0 Å². The summed E-state index contributed by atoms with van der Waals surface area (Å²) >= 11 is 1.74. The summed E-state index contributed by atoms with van der Waals surface area (Å²) < 4.78 is 0. The molecule has 0 bridgehead atoms. The second-order valence-corrected chi connectivity index (χ2v) is 5.10. The Labute approximate surface area is 96.1 Å². The molecule has 0 aromatic carbocycles. The number of aromatic nitrogens is 1. The highest BCUT2D eigenvalue weighted by Gasteiger charge is 2.15. The van der Waals surface area contributed by atoms with Gasteiger partial charge in [-0.15, -0.1) is 17.8 Å². The van der Waals surface area contributed by atoms with Gasteiger partial charge in [0, 0.05) is 10.9 Å². The van der Waals surface area contributed by atoms with Crippen LogP contribution in [0.4, 0.5) is 0 Å². The first kappa shape index (κ1) is 12.2. The van der Waals surface area contributed by atoms with Crippen molar-refractivity contribution in [3.05, 3.63) is 15.6 Å². The molecule has 0 aliphatic rings. The van der Waals surface area contributed by atoms with Gasteiger partial charge in [-0.1, -0.05) is 12.8 Å². The molecule has 15 heavy (non-hydrogen) atoms. The minimum Gasteiger partial charge on any atom is -0.295 e. The van der Waals surface area contributed by atoms with Crippen molar-refractivity contribution in [1.29, 1.82) is 0 Å². The smallest absolute Gasteiger partial charge is 0.0900 e. The molecule has 1 N–H and O–H groups in total. The third-order valence-corrected chi connectivity index (χ3v) is 3.31. The summed E-state index contributed by atoms with van der Waals surface area (Å²) in [5.74, 6) is 2.74. The van der Waals surface area contributed by atoms with Gasteiger partial charge in [0.05, 0.1) is 16.7 Å². The lowest BCUT2D eigenvalue weighted by Gasteiger charge is -2.17. The summed E-state index contributed by atoms with van der Waals surface area (Å²) in [7, 11) is 0. The molecule has 3 heteroatoms. The van der Waals surface area contributed by atoms with Gasteiger partial charge in [0.15, 0.2) is 0 Å². The van der Waals surface area contributed by atoms with E-state index in [2.05, 4.69) is 37.0 Å². The van der Waals surface area contributed by atoms with Crippen molar-refractivity contribution in [2.45, 2.75) is 46.2 Å². The number of nitrogens with one attached hydrogen (secondary N) is 1. The van der Waals surface area contributed by atoms with E-state index in [0.29, 0.717) is 0 Å². The van der Waals surface area contributed by atoms with Gasteiger partial charge >= 0.3 is 0 Å². The molecule has 1 aromatic rings. The average Bonchev–Trinajstić information content (AvgIpc) is 2.54. The molecule has 0 aliphatic heterocycles. The topological polar surface area (TPSA) is 24.9 Å². The Kier molecular flexibility index (Phi) is 4.31. The van der Waals surface area contributed by atoms with E-state index in [1.807, 2.05) is 6.92 Å². The summed E-state index contributed by atoms with van der Waals surface area (Å²) in [4.78, 5) is 5.80. The molecule has 0 radical (unpaired) electrons. The number of thiazole rings is 1. The molecule has 2 nitrogen and oxygen atoms in total. The fraction of sp³-hybridized carbons (Fsp3) is 0.583. The van der Waals surface area contributed by atoms with Crippen LogP contribution >= 0.6 is 11.3 Å². The lowest BCUT2D eigenvalue weighted by atomic mass is 10.1. The number of aryl methyl sites for hydroxylation is 2. The van der Waals surface area contributed by atoms with Gasteiger partial charge < -0.3 is 0 Å². The summed E-state index contributed by atoms with van der Waals surface area (Å²) in [6.07, 6.45) is 6.37. The first-order valence-electron chi connectivity index (χ1n) is 5.24. The van der Waals surface area contributed by atoms with Crippen LogP contribution in [0.25, 0.3) is 0 Å². The Morgan fingerprint density at radius 2 is 2.20 bits per heavy atom. The molecule has 0 amide bonds. The molecule has 1 aromatic heterocycles. The number of hydrogen-bond acceptors (Lipinski definition) is 3. The van der Waals surface area contributed by atoms with Crippen molar-refractivity contribution in [1.82, 2.24) is 10.3 Å². The van der Waals surface area contributed by atoms with Crippen LogP contribution in [-0.2, 0) is 0 Å². The Balaban J connectivity index is 2.73. The predicted molar refractivity (Wildman–Crippen MR) is 66.1 cm³/mol. The highest BCUT2D eigenvalue weighted by molar-refractivity contribution is 7.11. The molecular formula is C12H18N2S. The summed E-state index contributed by atoms with van der Waals surface area (Å²) in [5.41, 5.74) is 1.13. The van der Waals surface area contributed by atoms with Crippen molar-refractivity contribution in [3.8, 4) is 12.3 Å². The van der Waals surface area contributed by atoms with Crippen LogP contribution in [0.2, 0.25) is 0 Å². The van der Waals surface area contributed by atoms with Crippen LogP contribution in [0.1, 0.15) is 41.9 Å². The van der Waals surface area contributed by atoms with Crippen LogP contribution in [0.3, 0.4) is 0 Å². The number of terminal acetylenes is 1. The largest absolute Gasteiger partial charge is 0.295 e. The number of hydrogen-bond donors (Lipinski definition) is 1. The fourth-order valence-electron chi connectivity index (χ4n) is 1.61. The van der Waals surface area contributed by atoms with Crippen molar-refractivity contribution in [2.24, 2.45) is 0 Å². The van der Waals surface area contributed by atoms with Crippen LogP contribution < -0.4 is 5.32 Å². The maximum atomic E-state index is 5.42. The standard InChI is InChI=1S/C12H18N2S/c1-6-11(7-2)13-8(3)12-9(4)15-10(5)14-12/h1,8,11,13H,7H2,2-5H3. The van der Waals surface area contributed by atoms with E-state index in [1.165, 1.54) is 4.88 Å². The van der Waals surface area contributed by atoms with Crippen molar-refractivity contribution >= 4 is 11.3 Å². The quantitative estimate of drug-likeness (QED) is 0.792. The summed E-state index contributed by atoms with van der Waals surface area (Å²) in [5, 5.41) is 4.51. The maximum Gasteiger partial charge on any atom is 0.0900 e. The minimum atomic E-state index is 0.140. The van der Waals surface area contributed by atoms with Crippen LogP contribution in [0, 0.1) is 26.2 Å². The Bertz CT molecular complexity index is 362. The Morgan fingerprint density at radius 3 is 2.60 bits per heavy atom. The summed E-state index contributed by atoms with van der Waals surface area (Å²) in [6.45, 7) is 8.34. The van der Waals surface area contributed by atoms with E-state index < -0.39 is 0 Å². The number of rotatable bonds is 4. The Hall–Kier alpha value is -0.850. The van der Waals surface area contributed by atoms with Crippen molar-refractivity contribution < 1.29 is 0 Å². The molecule has 0 spiro atoms. The second kappa shape index (κ2) is 5.29. The molecule has 1 rings (SSSR count). The van der Waals surface area contributed by atoms with Gasteiger partial charge in [0.25, 0.3) is 0 Å². The molecule has 0 saturated heterocycles. The maximum absolute atomic E-state index is 5.42.